The summed E-state index contributed by atoms with van der Waals surface area (Å²) in [5, 5.41) is 12.4. The van der Waals surface area contributed by atoms with Crippen LogP contribution in [0, 0.1) is 11.3 Å². The molecule has 1 saturated carbocycles. The second-order valence-corrected chi connectivity index (χ2v) is 5.99. The molecule has 1 atom stereocenters. The van der Waals surface area contributed by atoms with Crippen LogP contribution in [0.4, 0.5) is 0 Å². The largest absolute Gasteiger partial charge is 0.481 e. The van der Waals surface area contributed by atoms with Crippen molar-refractivity contribution in [1.82, 2.24) is 5.32 Å². The van der Waals surface area contributed by atoms with Crippen molar-refractivity contribution < 1.29 is 14.7 Å². The van der Waals surface area contributed by atoms with E-state index >= 15 is 0 Å². The van der Waals surface area contributed by atoms with Crippen LogP contribution in [0.3, 0.4) is 0 Å². The molecule has 0 saturated heterocycles. The molecule has 19 heavy (non-hydrogen) atoms. The van der Waals surface area contributed by atoms with Crippen molar-refractivity contribution in [2.24, 2.45) is 11.3 Å². The number of carboxylic acids is 1. The van der Waals surface area contributed by atoms with E-state index in [0.717, 1.165) is 32.1 Å². The van der Waals surface area contributed by atoms with E-state index in [-0.39, 0.29) is 12.5 Å². The van der Waals surface area contributed by atoms with Gasteiger partial charge in [-0.05, 0) is 18.8 Å². The molecule has 1 aliphatic carbocycles. The Hall–Kier alpha value is -1.06. The first-order valence-corrected chi connectivity index (χ1v) is 7.50. The number of nitrogens with one attached hydrogen (secondary N) is 1. The van der Waals surface area contributed by atoms with Gasteiger partial charge < -0.3 is 10.4 Å². The maximum Gasteiger partial charge on any atom is 0.311 e. The Morgan fingerprint density at radius 2 is 1.79 bits per heavy atom. The molecule has 0 bridgehead atoms. The Morgan fingerprint density at radius 3 is 2.26 bits per heavy atom. The second-order valence-electron chi connectivity index (χ2n) is 5.99. The van der Waals surface area contributed by atoms with Gasteiger partial charge in [-0.3, -0.25) is 9.59 Å². The van der Waals surface area contributed by atoms with Crippen LogP contribution in [0.5, 0.6) is 0 Å². The van der Waals surface area contributed by atoms with Crippen LogP contribution < -0.4 is 5.32 Å². The predicted molar refractivity (Wildman–Crippen MR) is 74.9 cm³/mol. The molecule has 0 heterocycles. The maximum atomic E-state index is 11.8. The fourth-order valence-corrected chi connectivity index (χ4v) is 2.67. The molecule has 0 radical (unpaired) electrons. The molecule has 0 aromatic heterocycles. The lowest BCUT2D eigenvalue weighted by Gasteiger charge is -2.28. The smallest absolute Gasteiger partial charge is 0.311 e. The summed E-state index contributed by atoms with van der Waals surface area (Å²) in [4.78, 5) is 23.4. The molecular formula is C15H27NO3. The standard InChI is InChI=1S/C15H27NO3/c1-3-12(2)10-13(17)16-11-15(14(18)19)8-6-4-5-7-9-15/h12H,3-11H2,1-2H3,(H,16,17)(H,18,19). The minimum atomic E-state index is -0.752. The monoisotopic (exact) mass is 269 g/mol. The van der Waals surface area contributed by atoms with Crippen LogP contribution in [0.25, 0.3) is 0 Å². The average Bonchev–Trinajstić information content (AvgIpc) is 2.62. The minimum Gasteiger partial charge on any atom is -0.481 e. The van der Waals surface area contributed by atoms with Crippen molar-refractivity contribution in [2.75, 3.05) is 6.54 Å². The molecule has 0 spiro atoms. The van der Waals surface area contributed by atoms with Gasteiger partial charge in [-0.25, -0.2) is 0 Å². The summed E-state index contributed by atoms with van der Waals surface area (Å²) in [5.41, 5.74) is -0.735. The first-order chi connectivity index (χ1) is 9.00. The summed E-state index contributed by atoms with van der Waals surface area (Å²) in [5.74, 6) is -0.410. The maximum absolute atomic E-state index is 11.8. The summed E-state index contributed by atoms with van der Waals surface area (Å²) in [7, 11) is 0. The summed E-state index contributed by atoms with van der Waals surface area (Å²) >= 11 is 0. The summed E-state index contributed by atoms with van der Waals surface area (Å²) < 4.78 is 0. The van der Waals surface area contributed by atoms with E-state index in [1.54, 1.807) is 0 Å². The molecule has 0 aromatic rings. The molecule has 1 aliphatic rings. The van der Waals surface area contributed by atoms with E-state index in [1.807, 2.05) is 6.92 Å². The Labute approximate surface area is 116 Å². The van der Waals surface area contributed by atoms with Crippen molar-refractivity contribution in [3.8, 4) is 0 Å². The highest BCUT2D eigenvalue weighted by Gasteiger charge is 2.38. The Kier molecular flexibility index (Phi) is 6.32. The number of carboxylic acid groups (broad SMARTS) is 1. The molecule has 2 N–H and O–H groups in total. The topological polar surface area (TPSA) is 66.4 Å². The van der Waals surface area contributed by atoms with Crippen LogP contribution in [-0.4, -0.2) is 23.5 Å². The number of hydrogen-bond acceptors (Lipinski definition) is 2. The Morgan fingerprint density at radius 1 is 1.21 bits per heavy atom. The van der Waals surface area contributed by atoms with Crippen molar-refractivity contribution in [2.45, 2.75) is 65.2 Å². The van der Waals surface area contributed by atoms with Crippen molar-refractivity contribution >= 4 is 11.9 Å². The van der Waals surface area contributed by atoms with Crippen LogP contribution >= 0.6 is 0 Å². The van der Waals surface area contributed by atoms with E-state index in [2.05, 4.69) is 12.2 Å². The van der Waals surface area contributed by atoms with Crippen molar-refractivity contribution in [1.29, 1.82) is 0 Å². The van der Waals surface area contributed by atoms with Crippen molar-refractivity contribution in [3.63, 3.8) is 0 Å². The SMILES string of the molecule is CCC(C)CC(=O)NCC1(C(=O)O)CCCCCC1. The van der Waals surface area contributed by atoms with Gasteiger partial charge in [0.15, 0.2) is 0 Å². The quantitative estimate of drug-likeness (QED) is 0.728. The van der Waals surface area contributed by atoms with E-state index < -0.39 is 11.4 Å². The van der Waals surface area contributed by atoms with Crippen molar-refractivity contribution in [3.05, 3.63) is 0 Å². The van der Waals surface area contributed by atoms with E-state index in [4.69, 9.17) is 0 Å². The second kappa shape index (κ2) is 7.51. The lowest BCUT2D eigenvalue weighted by molar-refractivity contribution is -0.149. The Balaban J connectivity index is 2.54. The number of aliphatic carboxylic acids is 1. The van der Waals surface area contributed by atoms with Crippen LogP contribution in [0.1, 0.15) is 65.2 Å². The molecular weight excluding hydrogens is 242 g/mol. The molecule has 4 heteroatoms. The molecule has 110 valence electrons. The Bertz CT molecular complexity index is 307. The number of carbonyl (C=O) groups excluding carboxylic acids is 1. The molecule has 1 rings (SSSR count). The summed E-state index contributed by atoms with van der Waals surface area (Å²) in [6, 6.07) is 0. The molecule has 1 amide bonds. The minimum absolute atomic E-state index is 0.0146. The highest BCUT2D eigenvalue weighted by molar-refractivity contribution is 5.79. The molecule has 1 fully saturated rings. The van der Waals surface area contributed by atoms with E-state index in [0.29, 0.717) is 25.2 Å². The van der Waals surface area contributed by atoms with Gasteiger partial charge in [0.2, 0.25) is 5.91 Å². The zero-order valence-corrected chi connectivity index (χ0v) is 12.2. The fourth-order valence-electron chi connectivity index (χ4n) is 2.67. The predicted octanol–water partition coefficient (Wildman–Crippen LogP) is 2.96. The first-order valence-electron chi connectivity index (χ1n) is 7.50. The van der Waals surface area contributed by atoms with Gasteiger partial charge in [0.05, 0.1) is 5.41 Å². The molecule has 1 unspecified atom stereocenters. The number of carbonyl (C=O) groups is 2. The lowest BCUT2D eigenvalue weighted by Crippen LogP contribution is -2.43. The molecule has 0 aliphatic heterocycles. The van der Waals surface area contributed by atoms with Gasteiger partial charge >= 0.3 is 5.97 Å². The fraction of sp³-hybridized carbons (Fsp3) is 0.867. The number of rotatable bonds is 6. The lowest BCUT2D eigenvalue weighted by atomic mass is 9.80. The number of amides is 1. The molecule has 0 aromatic carbocycles. The molecule has 4 nitrogen and oxygen atoms in total. The van der Waals surface area contributed by atoms with E-state index in [9.17, 15) is 14.7 Å². The van der Waals surface area contributed by atoms with Gasteiger partial charge in [-0.15, -0.1) is 0 Å². The van der Waals surface area contributed by atoms with Gasteiger partial charge in [-0.2, -0.15) is 0 Å². The van der Waals surface area contributed by atoms with E-state index in [1.165, 1.54) is 0 Å². The van der Waals surface area contributed by atoms with Gasteiger partial charge in [0, 0.05) is 13.0 Å². The van der Waals surface area contributed by atoms with Gasteiger partial charge in [0.25, 0.3) is 0 Å². The van der Waals surface area contributed by atoms with Gasteiger partial charge in [-0.1, -0.05) is 46.0 Å². The highest BCUT2D eigenvalue weighted by atomic mass is 16.4. The summed E-state index contributed by atoms with van der Waals surface area (Å²) in [6.45, 7) is 4.39. The van der Waals surface area contributed by atoms with Crippen LogP contribution in [0.15, 0.2) is 0 Å². The zero-order valence-electron chi connectivity index (χ0n) is 12.2. The third-order valence-corrected chi connectivity index (χ3v) is 4.37. The highest BCUT2D eigenvalue weighted by Crippen LogP contribution is 2.34. The van der Waals surface area contributed by atoms with Crippen LogP contribution in [-0.2, 0) is 9.59 Å². The normalized spacial score (nSPS) is 20.3. The van der Waals surface area contributed by atoms with Crippen LogP contribution in [0.2, 0.25) is 0 Å². The van der Waals surface area contributed by atoms with Gasteiger partial charge in [0.1, 0.15) is 0 Å². The number of hydrogen-bond donors (Lipinski definition) is 2. The third-order valence-electron chi connectivity index (χ3n) is 4.37. The zero-order chi connectivity index (χ0) is 14.3. The third kappa shape index (κ3) is 4.84. The summed E-state index contributed by atoms with van der Waals surface area (Å²) in [6.07, 6.45) is 6.95. The first kappa shape index (κ1) is 16.0. The average molecular weight is 269 g/mol.